The van der Waals surface area contributed by atoms with Crippen LogP contribution in [0, 0.1) is 0 Å². The zero-order valence-electron chi connectivity index (χ0n) is 9.37. The summed E-state index contributed by atoms with van der Waals surface area (Å²) in [6.07, 6.45) is 7.15. The minimum Gasteiger partial charge on any atom is -0.388 e. The molecule has 1 atom stereocenters. The van der Waals surface area contributed by atoms with E-state index in [0.717, 1.165) is 5.70 Å². The number of allylic oxidation sites excluding steroid dienone is 2. The minimum absolute atomic E-state index is 0.0803. The maximum atomic E-state index is 11.7. The molecule has 1 aliphatic rings. The monoisotopic (exact) mass is 207 g/mol. The van der Waals surface area contributed by atoms with E-state index in [4.69, 9.17) is 0 Å². The average Bonchev–Trinajstić information content (AvgIpc) is 2.41. The van der Waals surface area contributed by atoms with E-state index in [9.17, 15) is 4.79 Å². The van der Waals surface area contributed by atoms with Gasteiger partial charge in [-0.05, 0) is 32.1 Å². The second-order valence-electron chi connectivity index (χ2n) is 3.49. The van der Waals surface area contributed by atoms with Crippen LogP contribution < -0.4 is 10.6 Å². The number of hydrogen-bond acceptors (Lipinski definition) is 3. The van der Waals surface area contributed by atoms with Gasteiger partial charge in [0.15, 0.2) is 5.54 Å². The number of likely N-dealkylation sites (N-methyl/N-ethyl adjacent to an activating group) is 2. The molecule has 1 amide bonds. The topological polar surface area (TPSA) is 53.5 Å². The molecule has 0 saturated heterocycles. The van der Waals surface area contributed by atoms with Crippen molar-refractivity contribution < 1.29 is 4.79 Å². The number of carbonyl (C=O) groups is 1. The predicted octanol–water partition coefficient (Wildman–Crippen LogP) is 0.625. The second kappa shape index (κ2) is 4.77. The van der Waals surface area contributed by atoms with Crippen molar-refractivity contribution in [3.8, 4) is 0 Å². The molecular formula is C11H17N3O. The van der Waals surface area contributed by atoms with Gasteiger partial charge in [-0.2, -0.15) is 0 Å². The highest BCUT2D eigenvalue weighted by molar-refractivity contribution is 5.91. The Hall–Kier alpha value is -1.58. The molecule has 1 unspecified atom stereocenters. The molecule has 1 aliphatic heterocycles. The zero-order valence-corrected chi connectivity index (χ0v) is 9.37. The van der Waals surface area contributed by atoms with Crippen LogP contribution in [0.25, 0.3) is 0 Å². The predicted molar refractivity (Wildman–Crippen MR) is 61.9 cm³/mol. The van der Waals surface area contributed by atoms with Crippen LogP contribution in [-0.4, -0.2) is 31.3 Å². The van der Waals surface area contributed by atoms with Crippen molar-refractivity contribution in [3.63, 3.8) is 0 Å². The van der Waals surface area contributed by atoms with Crippen molar-refractivity contribution in [2.24, 2.45) is 4.99 Å². The fraction of sp³-hybridized carbons (Fsp3) is 0.455. The van der Waals surface area contributed by atoms with E-state index in [0.29, 0.717) is 6.54 Å². The van der Waals surface area contributed by atoms with E-state index in [1.165, 1.54) is 0 Å². The fourth-order valence-corrected chi connectivity index (χ4v) is 1.26. The molecule has 1 rings (SSSR count). The number of carbonyl (C=O) groups excluding carboxylic acids is 1. The van der Waals surface area contributed by atoms with E-state index in [2.05, 4.69) is 15.6 Å². The Labute approximate surface area is 90.2 Å². The van der Waals surface area contributed by atoms with Gasteiger partial charge in [-0.3, -0.25) is 9.79 Å². The van der Waals surface area contributed by atoms with E-state index in [1.807, 2.05) is 26.1 Å². The van der Waals surface area contributed by atoms with Gasteiger partial charge in [0, 0.05) is 25.5 Å². The highest BCUT2D eigenvalue weighted by Gasteiger charge is 2.28. The van der Waals surface area contributed by atoms with Crippen LogP contribution in [-0.2, 0) is 4.79 Å². The molecule has 0 fully saturated rings. The molecule has 0 aromatic rings. The Morgan fingerprint density at radius 3 is 2.93 bits per heavy atom. The summed E-state index contributed by atoms with van der Waals surface area (Å²) in [6, 6.07) is 0. The number of aliphatic imine (C=N–C) groups is 1. The van der Waals surface area contributed by atoms with Crippen LogP contribution in [0.1, 0.15) is 13.8 Å². The van der Waals surface area contributed by atoms with Crippen LogP contribution in [0.5, 0.6) is 0 Å². The quantitative estimate of drug-likeness (QED) is 0.713. The lowest BCUT2D eigenvalue weighted by atomic mass is 10.0. The van der Waals surface area contributed by atoms with Gasteiger partial charge in [0.05, 0.1) is 0 Å². The van der Waals surface area contributed by atoms with Crippen molar-refractivity contribution in [2.75, 3.05) is 13.6 Å². The van der Waals surface area contributed by atoms with Gasteiger partial charge in [-0.1, -0.05) is 0 Å². The van der Waals surface area contributed by atoms with E-state index in [-0.39, 0.29) is 5.91 Å². The minimum atomic E-state index is -0.800. The fourth-order valence-electron chi connectivity index (χ4n) is 1.26. The first-order valence-electron chi connectivity index (χ1n) is 5.03. The van der Waals surface area contributed by atoms with E-state index >= 15 is 0 Å². The van der Waals surface area contributed by atoms with Crippen molar-refractivity contribution in [3.05, 3.63) is 23.9 Å². The third-order valence-corrected chi connectivity index (χ3v) is 2.27. The molecule has 2 N–H and O–H groups in total. The molecule has 4 nitrogen and oxygen atoms in total. The Morgan fingerprint density at radius 1 is 1.60 bits per heavy atom. The van der Waals surface area contributed by atoms with Gasteiger partial charge < -0.3 is 10.6 Å². The van der Waals surface area contributed by atoms with Gasteiger partial charge in [-0.25, -0.2) is 0 Å². The van der Waals surface area contributed by atoms with E-state index < -0.39 is 5.54 Å². The lowest BCUT2D eigenvalue weighted by molar-refractivity contribution is -0.124. The standard InChI is InChI=1S/C11H17N3O/c1-4-13-10(15)11(2)7-5-9(12-3)6-8-14-11/h5-8,12H,4H2,1-3H3,(H,13,15). The Morgan fingerprint density at radius 2 is 2.33 bits per heavy atom. The van der Waals surface area contributed by atoms with Crippen LogP contribution in [0.3, 0.4) is 0 Å². The first-order chi connectivity index (χ1) is 7.12. The zero-order chi connectivity index (χ0) is 11.3. The largest absolute Gasteiger partial charge is 0.388 e. The van der Waals surface area contributed by atoms with Crippen molar-refractivity contribution in [2.45, 2.75) is 19.4 Å². The number of rotatable bonds is 3. The van der Waals surface area contributed by atoms with Crippen molar-refractivity contribution in [1.29, 1.82) is 0 Å². The molecule has 0 spiro atoms. The molecule has 0 radical (unpaired) electrons. The third-order valence-electron chi connectivity index (χ3n) is 2.27. The summed E-state index contributed by atoms with van der Waals surface area (Å²) in [5.41, 5.74) is 0.136. The van der Waals surface area contributed by atoms with Crippen LogP contribution >= 0.6 is 0 Å². The number of nitrogens with zero attached hydrogens (tertiary/aromatic N) is 1. The molecule has 1 heterocycles. The molecule has 15 heavy (non-hydrogen) atoms. The normalized spacial score (nSPS) is 24.3. The summed E-state index contributed by atoms with van der Waals surface area (Å²) in [5.74, 6) is -0.0803. The van der Waals surface area contributed by atoms with Gasteiger partial charge in [0.1, 0.15) is 0 Å². The lowest BCUT2D eigenvalue weighted by Gasteiger charge is -2.18. The van der Waals surface area contributed by atoms with Crippen molar-refractivity contribution in [1.82, 2.24) is 10.6 Å². The summed E-state index contributed by atoms with van der Waals surface area (Å²) in [6.45, 7) is 4.30. The molecule has 82 valence electrons. The maximum absolute atomic E-state index is 11.7. The van der Waals surface area contributed by atoms with Crippen molar-refractivity contribution >= 4 is 12.1 Å². The lowest BCUT2D eigenvalue weighted by Crippen LogP contribution is -2.41. The summed E-state index contributed by atoms with van der Waals surface area (Å²) in [4.78, 5) is 16.0. The SMILES string of the molecule is CCNC(=O)C1(C)C=CC(NC)=CC=N1. The molecule has 0 aliphatic carbocycles. The van der Waals surface area contributed by atoms with Gasteiger partial charge >= 0.3 is 0 Å². The Kier molecular flexibility index (Phi) is 3.66. The van der Waals surface area contributed by atoms with E-state index in [1.54, 1.807) is 19.2 Å². The number of amides is 1. The highest BCUT2D eigenvalue weighted by Crippen LogP contribution is 2.15. The Balaban J connectivity index is 2.86. The van der Waals surface area contributed by atoms with Crippen LogP contribution in [0.15, 0.2) is 28.9 Å². The van der Waals surface area contributed by atoms with Gasteiger partial charge in [0.2, 0.25) is 0 Å². The maximum Gasteiger partial charge on any atom is 0.251 e. The van der Waals surface area contributed by atoms with Gasteiger partial charge in [0.25, 0.3) is 5.91 Å². The first kappa shape index (κ1) is 11.5. The van der Waals surface area contributed by atoms with Gasteiger partial charge in [-0.15, -0.1) is 0 Å². The summed E-state index contributed by atoms with van der Waals surface area (Å²) < 4.78 is 0. The average molecular weight is 207 g/mol. The van der Waals surface area contributed by atoms with Crippen LogP contribution in [0.4, 0.5) is 0 Å². The third kappa shape index (κ3) is 2.68. The summed E-state index contributed by atoms with van der Waals surface area (Å²) in [5, 5.41) is 5.77. The smallest absolute Gasteiger partial charge is 0.251 e. The first-order valence-corrected chi connectivity index (χ1v) is 5.03. The number of hydrogen-bond donors (Lipinski definition) is 2. The molecule has 4 heteroatoms. The summed E-state index contributed by atoms with van der Waals surface area (Å²) >= 11 is 0. The molecule has 0 aromatic carbocycles. The molecule has 0 bridgehead atoms. The van der Waals surface area contributed by atoms with Crippen LogP contribution in [0.2, 0.25) is 0 Å². The molecule has 0 saturated carbocycles. The molecular weight excluding hydrogens is 190 g/mol. The second-order valence-corrected chi connectivity index (χ2v) is 3.49. The Bertz CT molecular complexity index is 331. The molecule has 0 aromatic heterocycles. The summed E-state index contributed by atoms with van der Waals surface area (Å²) in [7, 11) is 1.83. The highest BCUT2D eigenvalue weighted by atomic mass is 16.2. The number of nitrogens with one attached hydrogen (secondary N) is 2.